The van der Waals surface area contributed by atoms with Crippen molar-refractivity contribution in [1.29, 1.82) is 5.41 Å². The first-order valence-electron chi connectivity index (χ1n) is 2.57. The van der Waals surface area contributed by atoms with Crippen LogP contribution in [0.5, 0.6) is 0 Å². The van der Waals surface area contributed by atoms with Gasteiger partial charge < -0.3 is 10.3 Å². The topological polar surface area (TPSA) is 27.1 Å². The quantitative estimate of drug-likeness (QED) is 0.536. The Morgan fingerprint density at radius 3 is 2.50 bits per heavy atom. The van der Waals surface area contributed by atoms with Crippen molar-refractivity contribution >= 4 is 6.21 Å². The van der Waals surface area contributed by atoms with E-state index < -0.39 is 0 Å². The SMILES string of the molecule is CN(C)C/C=C\C=N. The molecule has 8 heavy (non-hydrogen) atoms. The van der Waals surface area contributed by atoms with Crippen molar-refractivity contribution in [1.82, 2.24) is 4.90 Å². The average Bonchev–Trinajstić information content (AvgIpc) is 1.66. The standard InChI is InChI=1S/C6H12N2/c1-8(2)6-4-3-5-7/h3-5,7H,6H2,1-2H3/b4-3-,7-5?. The van der Waals surface area contributed by atoms with Crippen LogP contribution >= 0.6 is 0 Å². The van der Waals surface area contributed by atoms with E-state index in [1.165, 1.54) is 6.21 Å². The van der Waals surface area contributed by atoms with Gasteiger partial charge in [-0.25, -0.2) is 0 Å². The molecule has 2 heteroatoms. The van der Waals surface area contributed by atoms with Crippen molar-refractivity contribution < 1.29 is 0 Å². The first-order chi connectivity index (χ1) is 3.77. The highest BCUT2D eigenvalue weighted by atomic mass is 15.0. The third kappa shape index (κ3) is 5.37. The van der Waals surface area contributed by atoms with Crippen LogP contribution in [-0.2, 0) is 0 Å². The maximum atomic E-state index is 6.62. The van der Waals surface area contributed by atoms with Crippen LogP contribution in [0.15, 0.2) is 12.2 Å². The lowest BCUT2D eigenvalue weighted by Gasteiger charge is -2.02. The number of nitrogens with one attached hydrogen (secondary N) is 1. The lowest BCUT2D eigenvalue weighted by atomic mass is 10.5. The summed E-state index contributed by atoms with van der Waals surface area (Å²) in [5.41, 5.74) is 0. The predicted octanol–water partition coefficient (Wildman–Crippen LogP) is 0.754. The maximum absolute atomic E-state index is 6.62. The highest BCUT2D eigenvalue weighted by Gasteiger charge is 1.77. The normalized spacial score (nSPS) is 10.9. The molecule has 0 radical (unpaired) electrons. The van der Waals surface area contributed by atoms with Crippen molar-refractivity contribution in [3.8, 4) is 0 Å². The highest BCUT2D eigenvalue weighted by molar-refractivity contribution is 5.67. The van der Waals surface area contributed by atoms with Gasteiger partial charge in [-0.2, -0.15) is 0 Å². The van der Waals surface area contributed by atoms with Gasteiger partial charge in [0.15, 0.2) is 0 Å². The van der Waals surface area contributed by atoms with Crippen LogP contribution < -0.4 is 0 Å². The van der Waals surface area contributed by atoms with Gasteiger partial charge in [0.25, 0.3) is 0 Å². The van der Waals surface area contributed by atoms with Gasteiger partial charge in [-0.1, -0.05) is 6.08 Å². The molecule has 0 aliphatic heterocycles. The molecule has 0 spiro atoms. The minimum absolute atomic E-state index is 0.912. The third-order valence-electron chi connectivity index (χ3n) is 0.703. The molecular formula is C6H12N2. The first-order valence-corrected chi connectivity index (χ1v) is 2.57. The summed E-state index contributed by atoms with van der Waals surface area (Å²) in [6, 6.07) is 0. The van der Waals surface area contributed by atoms with Crippen LogP contribution in [0.3, 0.4) is 0 Å². The zero-order valence-corrected chi connectivity index (χ0v) is 5.39. The van der Waals surface area contributed by atoms with Gasteiger partial charge in [0, 0.05) is 12.8 Å². The number of hydrogen-bond donors (Lipinski definition) is 1. The molecule has 0 aliphatic carbocycles. The van der Waals surface area contributed by atoms with Crippen LogP contribution in [-0.4, -0.2) is 31.8 Å². The molecular weight excluding hydrogens is 100 g/mol. The first kappa shape index (κ1) is 7.37. The molecule has 0 saturated heterocycles. The van der Waals surface area contributed by atoms with Gasteiger partial charge in [-0.3, -0.25) is 0 Å². The molecule has 0 aromatic carbocycles. The third-order valence-corrected chi connectivity index (χ3v) is 0.703. The Balaban J connectivity index is 3.15. The molecule has 0 saturated carbocycles. The zero-order valence-electron chi connectivity index (χ0n) is 5.39. The number of likely N-dealkylation sites (N-methyl/N-ethyl adjacent to an activating group) is 1. The fraction of sp³-hybridized carbons (Fsp3) is 0.500. The van der Waals surface area contributed by atoms with Crippen molar-refractivity contribution in [2.24, 2.45) is 0 Å². The molecule has 0 amide bonds. The van der Waals surface area contributed by atoms with Crippen LogP contribution in [0.25, 0.3) is 0 Å². The number of hydrogen-bond acceptors (Lipinski definition) is 2. The van der Waals surface area contributed by atoms with Crippen molar-refractivity contribution in [2.45, 2.75) is 0 Å². The summed E-state index contributed by atoms with van der Waals surface area (Å²) in [6.07, 6.45) is 4.94. The Morgan fingerprint density at radius 2 is 2.12 bits per heavy atom. The molecule has 0 fully saturated rings. The van der Waals surface area contributed by atoms with E-state index in [1.807, 2.05) is 25.1 Å². The van der Waals surface area contributed by atoms with Gasteiger partial charge in [0.1, 0.15) is 0 Å². The van der Waals surface area contributed by atoms with E-state index in [-0.39, 0.29) is 0 Å². The summed E-state index contributed by atoms with van der Waals surface area (Å²) in [7, 11) is 3.99. The molecule has 1 N–H and O–H groups in total. The summed E-state index contributed by atoms with van der Waals surface area (Å²) in [5, 5.41) is 6.62. The minimum atomic E-state index is 0.912. The lowest BCUT2D eigenvalue weighted by molar-refractivity contribution is 0.456. The van der Waals surface area contributed by atoms with Gasteiger partial charge in [0.2, 0.25) is 0 Å². The molecule has 0 rings (SSSR count). The molecule has 0 aromatic heterocycles. The van der Waals surface area contributed by atoms with E-state index in [9.17, 15) is 0 Å². The summed E-state index contributed by atoms with van der Waals surface area (Å²) >= 11 is 0. The Bertz CT molecular complexity index is 84.5. The van der Waals surface area contributed by atoms with Crippen molar-refractivity contribution in [2.75, 3.05) is 20.6 Å². The van der Waals surface area contributed by atoms with E-state index in [4.69, 9.17) is 5.41 Å². The number of allylic oxidation sites excluding steroid dienone is 1. The second-order valence-electron chi connectivity index (χ2n) is 1.86. The van der Waals surface area contributed by atoms with Gasteiger partial charge in [-0.15, -0.1) is 0 Å². The van der Waals surface area contributed by atoms with Crippen molar-refractivity contribution in [3.63, 3.8) is 0 Å². The second-order valence-corrected chi connectivity index (χ2v) is 1.86. The monoisotopic (exact) mass is 112 g/mol. The molecule has 0 aromatic rings. The number of rotatable bonds is 3. The zero-order chi connectivity index (χ0) is 6.41. The van der Waals surface area contributed by atoms with Crippen LogP contribution in [0.2, 0.25) is 0 Å². The van der Waals surface area contributed by atoms with E-state index in [0.29, 0.717) is 0 Å². The van der Waals surface area contributed by atoms with Gasteiger partial charge in [-0.05, 0) is 20.2 Å². The Hall–Kier alpha value is -0.630. The van der Waals surface area contributed by atoms with Gasteiger partial charge in [0.05, 0.1) is 0 Å². The molecule has 0 bridgehead atoms. The Kier molecular flexibility index (Phi) is 4.17. The summed E-state index contributed by atoms with van der Waals surface area (Å²) in [4.78, 5) is 2.04. The molecule has 0 atom stereocenters. The largest absolute Gasteiger partial charge is 0.309 e. The molecule has 46 valence electrons. The molecule has 0 aliphatic rings. The van der Waals surface area contributed by atoms with E-state index >= 15 is 0 Å². The highest BCUT2D eigenvalue weighted by Crippen LogP contribution is 1.73. The summed E-state index contributed by atoms with van der Waals surface area (Å²) in [6.45, 7) is 0.912. The molecule has 2 nitrogen and oxygen atoms in total. The van der Waals surface area contributed by atoms with Gasteiger partial charge >= 0.3 is 0 Å². The van der Waals surface area contributed by atoms with Crippen LogP contribution in [0, 0.1) is 5.41 Å². The lowest BCUT2D eigenvalue weighted by Crippen LogP contribution is -2.10. The Morgan fingerprint density at radius 1 is 1.50 bits per heavy atom. The fourth-order valence-electron chi connectivity index (χ4n) is 0.340. The van der Waals surface area contributed by atoms with Crippen LogP contribution in [0.1, 0.15) is 0 Å². The summed E-state index contributed by atoms with van der Waals surface area (Å²) < 4.78 is 0. The second kappa shape index (κ2) is 4.53. The minimum Gasteiger partial charge on any atom is -0.309 e. The van der Waals surface area contributed by atoms with E-state index in [0.717, 1.165) is 6.54 Å². The Labute approximate surface area is 50.3 Å². The smallest absolute Gasteiger partial charge is 0.0175 e. The maximum Gasteiger partial charge on any atom is 0.0175 e. The number of nitrogens with zero attached hydrogens (tertiary/aromatic N) is 1. The average molecular weight is 112 g/mol. The van der Waals surface area contributed by atoms with E-state index in [1.54, 1.807) is 6.08 Å². The van der Waals surface area contributed by atoms with Crippen molar-refractivity contribution in [3.05, 3.63) is 12.2 Å². The molecule has 0 unspecified atom stereocenters. The fourth-order valence-corrected chi connectivity index (χ4v) is 0.340. The predicted molar refractivity (Wildman–Crippen MR) is 36.5 cm³/mol. The van der Waals surface area contributed by atoms with Crippen LogP contribution in [0.4, 0.5) is 0 Å². The van der Waals surface area contributed by atoms with E-state index in [2.05, 4.69) is 0 Å². The summed E-state index contributed by atoms with van der Waals surface area (Å²) in [5.74, 6) is 0. The molecule has 0 heterocycles.